The van der Waals surface area contributed by atoms with Crippen LogP contribution in [-0.2, 0) is 25.6 Å². The Bertz CT molecular complexity index is 923. The molecule has 2 rings (SSSR count). The number of aromatic nitrogens is 1. The molecule has 1 amide bonds. The summed E-state index contributed by atoms with van der Waals surface area (Å²) in [6.07, 6.45) is 3.25. The van der Waals surface area contributed by atoms with Gasteiger partial charge in [-0.2, -0.15) is 0 Å². The number of allylic oxidation sites excluding steroid dienone is 1. The number of pyridine rings is 1. The number of likely N-dealkylation sites (N-methyl/N-ethyl adjacent to an activating group) is 1. The van der Waals surface area contributed by atoms with Crippen molar-refractivity contribution >= 4 is 22.6 Å². The average molecular weight is 429 g/mol. The first-order chi connectivity index (χ1) is 15.0. The number of carbonyl (C=O) groups is 2. The fourth-order valence-electron chi connectivity index (χ4n) is 3.42. The maximum absolute atomic E-state index is 13.2. The quantitative estimate of drug-likeness (QED) is 0.291. The molecule has 7 heteroatoms. The highest BCUT2D eigenvalue weighted by molar-refractivity contribution is 6.06. The van der Waals surface area contributed by atoms with Gasteiger partial charge in [-0.3, -0.25) is 9.59 Å². The van der Waals surface area contributed by atoms with Crippen molar-refractivity contribution in [2.45, 2.75) is 39.4 Å². The molecule has 0 fully saturated rings. The molecule has 0 radical (unpaired) electrons. The highest BCUT2D eigenvalue weighted by atomic mass is 16.7. The van der Waals surface area contributed by atoms with Gasteiger partial charge in [0.05, 0.1) is 12.1 Å². The summed E-state index contributed by atoms with van der Waals surface area (Å²) in [6, 6.07) is 9.49. The predicted octanol–water partition coefficient (Wildman–Crippen LogP) is 3.76. The van der Waals surface area contributed by atoms with Gasteiger partial charge in [-0.1, -0.05) is 25.1 Å². The summed E-state index contributed by atoms with van der Waals surface area (Å²) in [6.45, 7) is 6.92. The summed E-state index contributed by atoms with van der Waals surface area (Å²) < 4.78 is 16.1. The maximum Gasteiger partial charge on any atom is 0.258 e. The Morgan fingerprint density at radius 2 is 1.81 bits per heavy atom. The second-order valence-electron chi connectivity index (χ2n) is 7.09. The molecule has 0 aliphatic heterocycles. The van der Waals surface area contributed by atoms with Gasteiger partial charge in [0.15, 0.2) is 5.60 Å². The van der Waals surface area contributed by atoms with Gasteiger partial charge < -0.3 is 19.1 Å². The van der Waals surface area contributed by atoms with E-state index in [1.165, 1.54) is 19.3 Å². The molecule has 0 unspecified atom stereocenters. The van der Waals surface area contributed by atoms with E-state index in [2.05, 4.69) is 4.98 Å². The Morgan fingerprint density at radius 3 is 2.42 bits per heavy atom. The second kappa shape index (κ2) is 11.7. The van der Waals surface area contributed by atoms with Crippen LogP contribution in [0.5, 0.6) is 0 Å². The molecular weight excluding hydrogens is 396 g/mol. The van der Waals surface area contributed by atoms with E-state index >= 15 is 0 Å². The third kappa shape index (κ3) is 5.76. The lowest BCUT2D eigenvalue weighted by Gasteiger charge is -2.33. The SMILES string of the molecule is CCN(CC)C(=O)[C@@](/C=C/C(=O)c1nc2ccccc2cc1COC)(CC)OCOC. The van der Waals surface area contributed by atoms with Crippen LogP contribution < -0.4 is 0 Å². The molecular formula is C24H32N2O5. The minimum Gasteiger partial charge on any atom is -0.380 e. The molecule has 168 valence electrons. The first-order valence-electron chi connectivity index (χ1n) is 10.5. The summed E-state index contributed by atoms with van der Waals surface area (Å²) in [5, 5.41) is 0.929. The molecule has 0 spiro atoms. The molecule has 1 atom stereocenters. The predicted molar refractivity (Wildman–Crippen MR) is 120 cm³/mol. The van der Waals surface area contributed by atoms with Crippen molar-refractivity contribution in [3.63, 3.8) is 0 Å². The van der Waals surface area contributed by atoms with Gasteiger partial charge in [0.25, 0.3) is 5.91 Å². The molecule has 0 aliphatic carbocycles. The number of fused-ring (bicyclic) bond motifs is 1. The zero-order valence-corrected chi connectivity index (χ0v) is 19.0. The fraction of sp³-hybridized carbons (Fsp3) is 0.458. The lowest BCUT2D eigenvalue weighted by Crippen LogP contribution is -2.49. The summed E-state index contributed by atoms with van der Waals surface area (Å²) in [7, 11) is 3.07. The standard InChI is InChI=1S/C24H32N2O5/c1-6-24(31-17-30-5,23(28)26(7-2)8-3)14-13-21(27)22-19(16-29-4)15-18-11-9-10-12-20(18)25-22/h9-15H,6-8,16-17H2,1-5H3/b14-13+/t24-/m0/s1. The molecule has 31 heavy (non-hydrogen) atoms. The number of rotatable bonds is 12. The van der Waals surface area contributed by atoms with Gasteiger partial charge in [0.1, 0.15) is 12.5 Å². The van der Waals surface area contributed by atoms with E-state index in [0.29, 0.717) is 30.8 Å². The first-order valence-corrected chi connectivity index (χ1v) is 10.5. The van der Waals surface area contributed by atoms with Crippen molar-refractivity contribution in [3.05, 3.63) is 53.7 Å². The number of nitrogens with zero attached hydrogens (tertiary/aromatic N) is 2. The highest BCUT2D eigenvalue weighted by Gasteiger charge is 2.38. The lowest BCUT2D eigenvalue weighted by atomic mass is 9.96. The van der Waals surface area contributed by atoms with E-state index in [1.807, 2.05) is 51.1 Å². The number of benzene rings is 1. The van der Waals surface area contributed by atoms with Crippen LogP contribution in [0.4, 0.5) is 0 Å². The Balaban J connectivity index is 2.46. The summed E-state index contributed by atoms with van der Waals surface area (Å²) in [5.41, 5.74) is 0.404. The van der Waals surface area contributed by atoms with E-state index in [9.17, 15) is 9.59 Å². The van der Waals surface area contributed by atoms with Crippen molar-refractivity contribution in [1.82, 2.24) is 9.88 Å². The molecule has 0 saturated carbocycles. The minimum absolute atomic E-state index is 0.0669. The van der Waals surface area contributed by atoms with Crippen LogP contribution in [0.2, 0.25) is 0 Å². The Kier molecular flexibility index (Phi) is 9.30. The van der Waals surface area contributed by atoms with Crippen molar-refractivity contribution in [2.24, 2.45) is 0 Å². The van der Waals surface area contributed by atoms with Crippen molar-refractivity contribution in [1.29, 1.82) is 0 Å². The topological polar surface area (TPSA) is 78.0 Å². The monoisotopic (exact) mass is 428 g/mol. The van der Waals surface area contributed by atoms with E-state index in [1.54, 1.807) is 12.0 Å². The Hall–Kier alpha value is -2.61. The molecule has 0 saturated heterocycles. The second-order valence-corrected chi connectivity index (χ2v) is 7.09. The van der Waals surface area contributed by atoms with Gasteiger partial charge in [0, 0.05) is 38.3 Å². The van der Waals surface area contributed by atoms with Crippen LogP contribution in [0.3, 0.4) is 0 Å². The molecule has 0 bridgehead atoms. The normalized spacial score (nSPS) is 13.5. The van der Waals surface area contributed by atoms with Crippen molar-refractivity contribution in [2.75, 3.05) is 34.1 Å². The molecule has 0 N–H and O–H groups in total. The van der Waals surface area contributed by atoms with Gasteiger partial charge in [-0.05, 0) is 44.6 Å². The molecule has 2 aromatic rings. The first kappa shape index (κ1) is 24.7. The molecule has 7 nitrogen and oxygen atoms in total. The van der Waals surface area contributed by atoms with E-state index in [4.69, 9.17) is 14.2 Å². The van der Waals surface area contributed by atoms with Gasteiger partial charge >= 0.3 is 0 Å². The van der Waals surface area contributed by atoms with Crippen molar-refractivity contribution in [3.8, 4) is 0 Å². The minimum atomic E-state index is -1.30. The maximum atomic E-state index is 13.2. The van der Waals surface area contributed by atoms with E-state index in [0.717, 1.165) is 10.9 Å². The summed E-state index contributed by atoms with van der Waals surface area (Å²) in [5.74, 6) is -0.520. The van der Waals surface area contributed by atoms with Crippen LogP contribution in [0.25, 0.3) is 10.9 Å². The number of carbonyl (C=O) groups excluding carboxylic acids is 2. The fourth-order valence-corrected chi connectivity index (χ4v) is 3.42. The summed E-state index contributed by atoms with van der Waals surface area (Å²) >= 11 is 0. The Morgan fingerprint density at radius 1 is 1.10 bits per heavy atom. The number of para-hydroxylation sites is 1. The van der Waals surface area contributed by atoms with Crippen LogP contribution in [0.15, 0.2) is 42.5 Å². The number of hydrogen-bond donors (Lipinski definition) is 0. The molecule has 1 aromatic heterocycles. The summed E-state index contributed by atoms with van der Waals surface area (Å²) in [4.78, 5) is 32.6. The van der Waals surface area contributed by atoms with E-state index < -0.39 is 5.60 Å². The highest BCUT2D eigenvalue weighted by Crippen LogP contribution is 2.24. The Labute approximate surface area is 184 Å². The molecule has 1 heterocycles. The number of methoxy groups -OCH3 is 2. The number of amides is 1. The van der Waals surface area contributed by atoms with Gasteiger partial charge in [-0.15, -0.1) is 0 Å². The average Bonchev–Trinajstić information content (AvgIpc) is 2.80. The smallest absolute Gasteiger partial charge is 0.258 e. The largest absolute Gasteiger partial charge is 0.380 e. The number of hydrogen-bond acceptors (Lipinski definition) is 6. The van der Waals surface area contributed by atoms with Gasteiger partial charge in [-0.25, -0.2) is 4.98 Å². The lowest BCUT2D eigenvalue weighted by molar-refractivity contribution is -0.165. The van der Waals surface area contributed by atoms with Crippen LogP contribution >= 0.6 is 0 Å². The van der Waals surface area contributed by atoms with Crippen LogP contribution in [-0.4, -0.2) is 61.3 Å². The third-order valence-electron chi connectivity index (χ3n) is 5.21. The van der Waals surface area contributed by atoms with Crippen molar-refractivity contribution < 1.29 is 23.8 Å². The van der Waals surface area contributed by atoms with Gasteiger partial charge in [0.2, 0.25) is 5.78 Å². The number of ketones is 1. The van der Waals surface area contributed by atoms with E-state index in [-0.39, 0.29) is 25.1 Å². The van der Waals surface area contributed by atoms with Crippen LogP contribution in [0, 0.1) is 0 Å². The molecule has 1 aromatic carbocycles. The van der Waals surface area contributed by atoms with Crippen LogP contribution in [0.1, 0.15) is 43.2 Å². The number of ether oxygens (including phenoxy) is 3. The molecule has 0 aliphatic rings. The zero-order chi connectivity index (χ0) is 22.9. The third-order valence-corrected chi connectivity index (χ3v) is 5.21. The zero-order valence-electron chi connectivity index (χ0n) is 19.0.